The number of carbonyl (C=O) groups excluding carboxylic acids is 1. The summed E-state index contributed by atoms with van der Waals surface area (Å²) < 4.78 is 5.56. The lowest BCUT2D eigenvalue weighted by Crippen LogP contribution is -2.45. The van der Waals surface area contributed by atoms with Crippen molar-refractivity contribution in [2.45, 2.75) is 56.3 Å². The highest BCUT2D eigenvalue weighted by Crippen LogP contribution is 2.37. The second-order valence-corrected chi connectivity index (χ2v) is 6.96. The summed E-state index contributed by atoms with van der Waals surface area (Å²) in [5.41, 5.74) is 0.653. The molecule has 132 valence electrons. The molecule has 7 unspecified atom stereocenters. The Morgan fingerprint density at radius 3 is 2.50 bits per heavy atom. The summed E-state index contributed by atoms with van der Waals surface area (Å²) in [5, 5.41) is 30.7. The van der Waals surface area contributed by atoms with Gasteiger partial charge in [-0.25, -0.2) is 0 Å². The van der Waals surface area contributed by atoms with Crippen molar-refractivity contribution in [1.82, 2.24) is 4.90 Å². The lowest BCUT2D eigenvalue weighted by Gasteiger charge is -2.34. The first kappa shape index (κ1) is 17.4. The van der Waals surface area contributed by atoms with Gasteiger partial charge in [0.25, 0.3) is 0 Å². The van der Waals surface area contributed by atoms with Gasteiger partial charge in [0.2, 0.25) is 0 Å². The Kier molecular flexibility index (Phi) is 4.92. The van der Waals surface area contributed by atoms with E-state index in [0.717, 1.165) is 0 Å². The predicted molar refractivity (Wildman–Crippen MR) is 87.0 cm³/mol. The third kappa shape index (κ3) is 3.07. The number of aliphatic hydroxyl groups is 3. The molecule has 3 rings (SSSR count). The van der Waals surface area contributed by atoms with Gasteiger partial charge >= 0.3 is 5.97 Å². The third-order valence-corrected chi connectivity index (χ3v) is 5.42. The number of benzene rings is 1. The fraction of sp³-hybridized carbons (Fsp3) is 0.611. The van der Waals surface area contributed by atoms with E-state index in [1.807, 2.05) is 18.0 Å². The fourth-order valence-corrected chi connectivity index (χ4v) is 3.88. The predicted octanol–water partition coefficient (Wildman–Crippen LogP) is 0.466. The molecule has 3 N–H and O–H groups in total. The first-order valence-corrected chi connectivity index (χ1v) is 8.41. The van der Waals surface area contributed by atoms with Crippen LogP contribution in [0, 0.1) is 5.92 Å². The molecule has 0 saturated carbocycles. The van der Waals surface area contributed by atoms with E-state index in [1.54, 1.807) is 31.2 Å². The SMILES string of the molecule is CC(C(=O)OC1C(O)C2CC(O)CC1N2C)C(O)c1ccccc1. The Bertz CT molecular complexity index is 580. The molecule has 6 heteroatoms. The van der Waals surface area contributed by atoms with E-state index < -0.39 is 36.3 Å². The minimum absolute atomic E-state index is 0.196. The zero-order valence-corrected chi connectivity index (χ0v) is 13.9. The topological polar surface area (TPSA) is 90.2 Å². The molecular formula is C18H25NO5. The van der Waals surface area contributed by atoms with Crippen molar-refractivity contribution in [3.05, 3.63) is 35.9 Å². The second-order valence-electron chi connectivity index (χ2n) is 6.96. The number of ether oxygens (including phenoxy) is 1. The maximum atomic E-state index is 12.5. The monoisotopic (exact) mass is 335 g/mol. The number of hydrogen-bond acceptors (Lipinski definition) is 6. The molecule has 2 heterocycles. The highest BCUT2D eigenvalue weighted by atomic mass is 16.6. The lowest BCUT2D eigenvalue weighted by atomic mass is 9.97. The van der Waals surface area contributed by atoms with Crippen molar-refractivity contribution in [3.63, 3.8) is 0 Å². The van der Waals surface area contributed by atoms with Crippen LogP contribution in [0.25, 0.3) is 0 Å². The van der Waals surface area contributed by atoms with Crippen LogP contribution in [0.3, 0.4) is 0 Å². The summed E-state index contributed by atoms with van der Waals surface area (Å²) in [7, 11) is 1.88. The lowest BCUT2D eigenvalue weighted by molar-refractivity contribution is -0.163. The maximum Gasteiger partial charge on any atom is 0.312 e. The van der Waals surface area contributed by atoms with Crippen LogP contribution in [-0.2, 0) is 9.53 Å². The molecule has 6 nitrogen and oxygen atoms in total. The zero-order valence-electron chi connectivity index (χ0n) is 13.9. The number of fused-ring (bicyclic) bond motifs is 2. The quantitative estimate of drug-likeness (QED) is 0.693. The Morgan fingerprint density at radius 1 is 1.21 bits per heavy atom. The summed E-state index contributed by atoms with van der Waals surface area (Å²) >= 11 is 0. The molecule has 1 aromatic carbocycles. The van der Waals surface area contributed by atoms with Gasteiger partial charge < -0.3 is 20.1 Å². The van der Waals surface area contributed by atoms with Crippen LogP contribution < -0.4 is 0 Å². The molecule has 7 atom stereocenters. The van der Waals surface area contributed by atoms with Crippen LogP contribution in [-0.4, -0.2) is 63.6 Å². The third-order valence-electron chi connectivity index (χ3n) is 5.42. The van der Waals surface area contributed by atoms with E-state index in [0.29, 0.717) is 18.4 Å². The number of carbonyl (C=O) groups is 1. The Morgan fingerprint density at radius 2 is 1.83 bits per heavy atom. The summed E-state index contributed by atoms with van der Waals surface area (Å²) in [6, 6.07) is 8.57. The van der Waals surface area contributed by atoms with E-state index in [1.165, 1.54) is 0 Å². The minimum Gasteiger partial charge on any atom is -0.458 e. The Labute approximate surface area is 141 Å². The van der Waals surface area contributed by atoms with Gasteiger partial charge in [0.1, 0.15) is 12.2 Å². The van der Waals surface area contributed by atoms with Crippen molar-refractivity contribution in [2.24, 2.45) is 5.92 Å². The molecule has 0 radical (unpaired) electrons. The van der Waals surface area contributed by atoms with Gasteiger partial charge in [0, 0.05) is 6.04 Å². The molecule has 2 aliphatic rings. The van der Waals surface area contributed by atoms with Crippen molar-refractivity contribution >= 4 is 5.97 Å². The van der Waals surface area contributed by atoms with E-state index in [9.17, 15) is 20.1 Å². The van der Waals surface area contributed by atoms with Gasteiger partial charge in [0.15, 0.2) is 0 Å². The normalized spacial score (nSPS) is 35.5. The van der Waals surface area contributed by atoms with Gasteiger partial charge in [-0.15, -0.1) is 0 Å². The van der Waals surface area contributed by atoms with Gasteiger partial charge in [-0.2, -0.15) is 0 Å². The number of piperidine rings is 1. The first-order chi connectivity index (χ1) is 11.4. The molecular weight excluding hydrogens is 310 g/mol. The van der Waals surface area contributed by atoms with Crippen LogP contribution in [0.5, 0.6) is 0 Å². The summed E-state index contributed by atoms with van der Waals surface area (Å²) in [5.74, 6) is -1.28. The summed E-state index contributed by atoms with van der Waals surface area (Å²) in [6.45, 7) is 1.62. The average molecular weight is 335 g/mol. The van der Waals surface area contributed by atoms with Gasteiger partial charge in [0.05, 0.1) is 24.2 Å². The molecule has 0 spiro atoms. The molecule has 2 aliphatic heterocycles. The van der Waals surface area contributed by atoms with Crippen LogP contribution >= 0.6 is 0 Å². The summed E-state index contributed by atoms with van der Waals surface area (Å²) in [4.78, 5) is 14.4. The van der Waals surface area contributed by atoms with Crippen molar-refractivity contribution in [3.8, 4) is 0 Å². The second kappa shape index (κ2) is 6.80. The molecule has 0 amide bonds. The molecule has 24 heavy (non-hydrogen) atoms. The molecule has 2 fully saturated rings. The number of nitrogens with zero attached hydrogens (tertiary/aromatic N) is 1. The zero-order chi connectivity index (χ0) is 17.4. The molecule has 0 aromatic heterocycles. The Balaban J connectivity index is 1.68. The number of likely N-dealkylation sites (N-methyl/N-ethyl adjacent to an activating group) is 1. The van der Waals surface area contributed by atoms with E-state index in [4.69, 9.17) is 4.74 Å². The van der Waals surface area contributed by atoms with Crippen LogP contribution in [0.4, 0.5) is 0 Å². The van der Waals surface area contributed by atoms with Gasteiger partial charge in [-0.1, -0.05) is 30.3 Å². The van der Waals surface area contributed by atoms with E-state index in [2.05, 4.69) is 0 Å². The van der Waals surface area contributed by atoms with E-state index in [-0.39, 0.29) is 12.1 Å². The maximum absolute atomic E-state index is 12.5. The summed E-state index contributed by atoms with van der Waals surface area (Å²) in [6.07, 6.45) is -1.98. The molecule has 2 bridgehead atoms. The number of rotatable bonds is 4. The van der Waals surface area contributed by atoms with Crippen molar-refractivity contribution in [2.75, 3.05) is 7.05 Å². The van der Waals surface area contributed by atoms with Crippen LogP contribution in [0.1, 0.15) is 31.4 Å². The highest BCUT2D eigenvalue weighted by molar-refractivity contribution is 5.73. The number of esters is 1. The number of hydrogen-bond donors (Lipinski definition) is 3. The fourth-order valence-electron chi connectivity index (χ4n) is 3.88. The van der Waals surface area contributed by atoms with Gasteiger partial charge in [-0.3, -0.25) is 9.69 Å². The van der Waals surface area contributed by atoms with Gasteiger partial charge in [-0.05, 0) is 32.4 Å². The van der Waals surface area contributed by atoms with Crippen molar-refractivity contribution < 1.29 is 24.9 Å². The average Bonchev–Trinajstić information content (AvgIpc) is 2.71. The van der Waals surface area contributed by atoms with Crippen LogP contribution in [0.2, 0.25) is 0 Å². The molecule has 0 aliphatic carbocycles. The molecule has 2 saturated heterocycles. The number of aliphatic hydroxyl groups excluding tert-OH is 3. The first-order valence-electron chi connectivity index (χ1n) is 8.41. The smallest absolute Gasteiger partial charge is 0.312 e. The van der Waals surface area contributed by atoms with Crippen molar-refractivity contribution in [1.29, 1.82) is 0 Å². The highest BCUT2D eigenvalue weighted by Gasteiger charge is 2.53. The van der Waals surface area contributed by atoms with E-state index >= 15 is 0 Å². The van der Waals surface area contributed by atoms with Crippen LogP contribution in [0.15, 0.2) is 30.3 Å². The standard InChI is InChI=1S/C18H25NO5/c1-10(15(21)11-6-4-3-5-7-11)18(23)24-17-14-9-12(20)8-13(16(17)22)19(14)2/h3-7,10,12-17,20-22H,8-9H2,1-2H3. The Hall–Kier alpha value is -1.47. The molecule has 1 aromatic rings. The minimum atomic E-state index is -0.958. The largest absolute Gasteiger partial charge is 0.458 e.